The molecule has 0 bridgehead atoms. The van der Waals surface area contributed by atoms with Crippen molar-refractivity contribution in [3.8, 4) is 11.3 Å². The quantitative estimate of drug-likeness (QED) is 0.876. The van der Waals surface area contributed by atoms with Crippen LogP contribution >= 0.6 is 0 Å². The second-order valence-electron chi connectivity index (χ2n) is 4.70. The molecule has 0 atom stereocenters. The van der Waals surface area contributed by atoms with Crippen molar-refractivity contribution in [3.63, 3.8) is 0 Å². The van der Waals surface area contributed by atoms with Crippen LogP contribution in [0.1, 0.15) is 0 Å². The van der Waals surface area contributed by atoms with Crippen molar-refractivity contribution in [1.29, 1.82) is 0 Å². The van der Waals surface area contributed by atoms with E-state index in [9.17, 15) is 8.42 Å². The van der Waals surface area contributed by atoms with E-state index in [4.69, 9.17) is 4.42 Å². The van der Waals surface area contributed by atoms with Gasteiger partial charge >= 0.3 is 10.2 Å². The third-order valence-corrected chi connectivity index (χ3v) is 4.80. The van der Waals surface area contributed by atoms with Crippen LogP contribution in [0.2, 0.25) is 0 Å². The molecule has 7 nitrogen and oxygen atoms in total. The highest BCUT2D eigenvalue weighted by Crippen LogP contribution is 2.21. The fourth-order valence-corrected chi connectivity index (χ4v) is 3.39. The first-order chi connectivity index (χ1) is 10.1. The van der Waals surface area contributed by atoms with Crippen LogP contribution < -0.4 is 10.0 Å². The Bertz CT molecular complexity index is 677. The monoisotopic (exact) mass is 308 g/mol. The first kappa shape index (κ1) is 14.1. The second kappa shape index (κ2) is 5.84. The Kier molecular flexibility index (Phi) is 3.91. The fraction of sp³-hybridized carbons (Fsp3) is 0.308. The van der Waals surface area contributed by atoms with Crippen molar-refractivity contribution in [1.82, 2.24) is 14.6 Å². The maximum absolute atomic E-state index is 12.2. The predicted molar refractivity (Wildman–Crippen MR) is 78.9 cm³/mol. The van der Waals surface area contributed by atoms with Crippen molar-refractivity contribution in [2.24, 2.45) is 0 Å². The van der Waals surface area contributed by atoms with Gasteiger partial charge in [-0.25, -0.2) is 4.98 Å². The van der Waals surface area contributed by atoms with E-state index >= 15 is 0 Å². The van der Waals surface area contributed by atoms with E-state index < -0.39 is 10.2 Å². The number of benzene rings is 1. The fourth-order valence-electron chi connectivity index (χ4n) is 2.16. The third-order valence-electron chi connectivity index (χ3n) is 3.26. The predicted octanol–water partition coefficient (Wildman–Crippen LogP) is 0.903. The van der Waals surface area contributed by atoms with E-state index in [1.165, 1.54) is 10.7 Å². The third kappa shape index (κ3) is 3.23. The van der Waals surface area contributed by atoms with E-state index in [0.29, 0.717) is 37.6 Å². The highest BCUT2D eigenvalue weighted by atomic mass is 32.2. The molecule has 3 rings (SSSR count). The number of hydrogen-bond donors (Lipinski definition) is 2. The van der Waals surface area contributed by atoms with Crippen LogP contribution in [0, 0.1) is 0 Å². The molecule has 1 aromatic heterocycles. The van der Waals surface area contributed by atoms with Crippen molar-refractivity contribution < 1.29 is 12.8 Å². The minimum absolute atomic E-state index is 0.478. The van der Waals surface area contributed by atoms with E-state index in [1.54, 1.807) is 30.5 Å². The van der Waals surface area contributed by atoms with Crippen LogP contribution in [0.3, 0.4) is 0 Å². The summed E-state index contributed by atoms with van der Waals surface area (Å²) in [6.07, 6.45) is 2.97. The lowest BCUT2D eigenvalue weighted by Gasteiger charge is -2.26. The average molecular weight is 308 g/mol. The van der Waals surface area contributed by atoms with Gasteiger partial charge < -0.3 is 9.73 Å². The molecule has 0 amide bonds. The van der Waals surface area contributed by atoms with E-state index in [2.05, 4.69) is 15.0 Å². The maximum atomic E-state index is 12.2. The Morgan fingerprint density at radius 3 is 2.52 bits per heavy atom. The summed E-state index contributed by atoms with van der Waals surface area (Å²) in [6.45, 7) is 2.30. The number of rotatable bonds is 4. The molecular weight excluding hydrogens is 292 g/mol. The number of piperazine rings is 1. The smallest absolute Gasteiger partial charge is 0.301 e. The summed E-state index contributed by atoms with van der Waals surface area (Å²) >= 11 is 0. The van der Waals surface area contributed by atoms with Gasteiger partial charge in [0.05, 0.1) is 6.20 Å². The largest absolute Gasteiger partial charge is 0.444 e. The molecule has 1 fully saturated rings. The molecule has 8 heteroatoms. The van der Waals surface area contributed by atoms with Gasteiger partial charge in [-0.15, -0.1) is 0 Å². The van der Waals surface area contributed by atoms with Crippen molar-refractivity contribution in [2.75, 3.05) is 30.9 Å². The number of oxazole rings is 1. The average Bonchev–Trinajstić information content (AvgIpc) is 3.03. The second-order valence-corrected chi connectivity index (χ2v) is 6.37. The molecule has 0 unspecified atom stereocenters. The van der Waals surface area contributed by atoms with Crippen LogP contribution in [0.15, 0.2) is 41.3 Å². The van der Waals surface area contributed by atoms with Gasteiger partial charge in [-0.2, -0.15) is 12.7 Å². The molecule has 2 aromatic rings. The van der Waals surface area contributed by atoms with Gasteiger partial charge in [0.25, 0.3) is 0 Å². The summed E-state index contributed by atoms with van der Waals surface area (Å²) in [7, 11) is -3.50. The summed E-state index contributed by atoms with van der Waals surface area (Å²) in [6, 6.07) is 6.99. The SMILES string of the molecule is O=S(=O)(Nc1ccc(-c2cnco2)cc1)N1CCNCC1. The van der Waals surface area contributed by atoms with Gasteiger partial charge in [0, 0.05) is 37.4 Å². The zero-order chi connectivity index (χ0) is 14.7. The number of nitrogens with one attached hydrogen (secondary N) is 2. The first-order valence-corrected chi connectivity index (χ1v) is 8.07. The van der Waals surface area contributed by atoms with Crippen molar-refractivity contribution >= 4 is 15.9 Å². The molecule has 1 saturated heterocycles. The van der Waals surface area contributed by atoms with Crippen LogP contribution in [0.5, 0.6) is 0 Å². The molecule has 0 spiro atoms. The van der Waals surface area contributed by atoms with Crippen LogP contribution in [0.4, 0.5) is 5.69 Å². The molecular formula is C13H16N4O3S. The molecule has 2 heterocycles. The Labute approximate surface area is 123 Å². The molecule has 2 N–H and O–H groups in total. The lowest BCUT2D eigenvalue weighted by atomic mass is 10.2. The van der Waals surface area contributed by atoms with Crippen molar-refractivity contribution in [2.45, 2.75) is 0 Å². The number of nitrogens with zero attached hydrogens (tertiary/aromatic N) is 2. The zero-order valence-corrected chi connectivity index (χ0v) is 12.1. The van der Waals surface area contributed by atoms with Gasteiger partial charge in [-0.3, -0.25) is 4.72 Å². The van der Waals surface area contributed by atoms with Gasteiger partial charge in [-0.1, -0.05) is 0 Å². The molecule has 0 saturated carbocycles. The minimum atomic E-state index is -3.50. The van der Waals surface area contributed by atoms with Gasteiger partial charge in [0.1, 0.15) is 0 Å². The van der Waals surface area contributed by atoms with Gasteiger partial charge in [0.15, 0.2) is 12.2 Å². The summed E-state index contributed by atoms with van der Waals surface area (Å²) in [5.74, 6) is 0.645. The normalized spacial score (nSPS) is 16.8. The summed E-state index contributed by atoms with van der Waals surface area (Å²) < 4.78 is 33.7. The molecule has 0 radical (unpaired) electrons. The standard InChI is InChI=1S/C13H16N4O3S/c18-21(19,17-7-5-14-6-8-17)16-12-3-1-11(2-4-12)13-9-15-10-20-13/h1-4,9-10,14,16H,5-8H2. The Morgan fingerprint density at radius 1 is 1.19 bits per heavy atom. The lowest BCUT2D eigenvalue weighted by Crippen LogP contribution is -2.48. The molecule has 1 aromatic carbocycles. The zero-order valence-electron chi connectivity index (χ0n) is 11.3. The summed E-state index contributed by atoms with van der Waals surface area (Å²) in [5, 5.41) is 3.12. The highest BCUT2D eigenvalue weighted by molar-refractivity contribution is 7.90. The van der Waals surface area contributed by atoms with E-state index in [1.807, 2.05) is 0 Å². The Hall–Kier alpha value is -1.90. The lowest BCUT2D eigenvalue weighted by molar-refractivity contribution is 0.362. The molecule has 112 valence electrons. The molecule has 0 aliphatic carbocycles. The first-order valence-electron chi connectivity index (χ1n) is 6.63. The number of hydrogen-bond acceptors (Lipinski definition) is 5. The van der Waals surface area contributed by atoms with Crippen LogP contribution in [-0.4, -0.2) is 43.9 Å². The summed E-state index contributed by atoms with van der Waals surface area (Å²) in [5.41, 5.74) is 1.37. The van der Waals surface area contributed by atoms with Crippen LogP contribution in [0.25, 0.3) is 11.3 Å². The number of anilines is 1. The highest BCUT2D eigenvalue weighted by Gasteiger charge is 2.23. The van der Waals surface area contributed by atoms with Gasteiger partial charge in [-0.05, 0) is 24.3 Å². The van der Waals surface area contributed by atoms with E-state index in [0.717, 1.165) is 5.56 Å². The summed E-state index contributed by atoms with van der Waals surface area (Å²) in [4.78, 5) is 3.85. The Morgan fingerprint density at radius 2 is 1.90 bits per heavy atom. The minimum Gasteiger partial charge on any atom is -0.444 e. The van der Waals surface area contributed by atoms with Gasteiger partial charge in [0.2, 0.25) is 0 Å². The topological polar surface area (TPSA) is 87.5 Å². The maximum Gasteiger partial charge on any atom is 0.301 e. The molecule has 21 heavy (non-hydrogen) atoms. The number of aromatic nitrogens is 1. The molecule has 1 aliphatic heterocycles. The van der Waals surface area contributed by atoms with Crippen LogP contribution in [-0.2, 0) is 10.2 Å². The van der Waals surface area contributed by atoms with E-state index in [-0.39, 0.29) is 0 Å². The van der Waals surface area contributed by atoms with Crippen molar-refractivity contribution in [3.05, 3.63) is 36.9 Å². The molecule has 1 aliphatic rings. The Balaban J connectivity index is 1.72.